The highest BCUT2D eigenvalue weighted by Gasteiger charge is 2.10. The van der Waals surface area contributed by atoms with Crippen LogP contribution in [0.15, 0.2) is 71.8 Å². The van der Waals surface area contributed by atoms with Gasteiger partial charge in [-0.3, -0.25) is 4.79 Å². The van der Waals surface area contributed by atoms with Crippen LogP contribution in [0.3, 0.4) is 0 Å². The second-order valence-electron chi connectivity index (χ2n) is 5.78. The molecule has 3 rings (SSSR count). The molecule has 3 aromatic carbocycles. The largest absolute Gasteiger partial charge is 0.488 e. The van der Waals surface area contributed by atoms with Crippen LogP contribution in [-0.2, 0) is 6.61 Å². The standard InChI is InChI=1S/C21H15Cl3N2O2/c22-16-6-3-4-14(10-16)13-28-20-7-2-1-5-15(20)12-25-26-21(27)18-9-8-17(23)11-19(18)24/h1-12H,13H2,(H,26,27)/b25-12+. The summed E-state index contributed by atoms with van der Waals surface area (Å²) >= 11 is 17.9. The first-order valence-corrected chi connectivity index (χ1v) is 9.41. The summed E-state index contributed by atoms with van der Waals surface area (Å²) in [4.78, 5) is 12.2. The van der Waals surface area contributed by atoms with E-state index in [1.165, 1.54) is 18.3 Å². The van der Waals surface area contributed by atoms with Crippen LogP contribution < -0.4 is 10.2 Å². The molecule has 0 unspecified atom stereocenters. The smallest absolute Gasteiger partial charge is 0.272 e. The number of para-hydroxylation sites is 1. The Kier molecular flexibility index (Phi) is 6.93. The first-order valence-electron chi connectivity index (χ1n) is 8.27. The van der Waals surface area contributed by atoms with Gasteiger partial charge in [0.1, 0.15) is 12.4 Å². The topological polar surface area (TPSA) is 50.7 Å². The summed E-state index contributed by atoms with van der Waals surface area (Å²) in [5.41, 5.74) is 4.40. The molecule has 0 saturated carbocycles. The van der Waals surface area contributed by atoms with Gasteiger partial charge in [0.2, 0.25) is 0 Å². The Labute approximate surface area is 177 Å². The average molecular weight is 434 g/mol. The van der Waals surface area contributed by atoms with Crippen molar-refractivity contribution in [3.05, 3.63) is 98.5 Å². The van der Waals surface area contributed by atoms with Crippen molar-refractivity contribution in [1.29, 1.82) is 0 Å². The monoisotopic (exact) mass is 432 g/mol. The maximum absolute atomic E-state index is 12.2. The van der Waals surface area contributed by atoms with E-state index in [-0.39, 0.29) is 10.6 Å². The number of hydrogen-bond acceptors (Lipinski definition) is 3. The lowest BCUT2D eigenvalue weighted by atomic mass is 10.2. The number of nitrogens with one attached hydrogen (secondary N) is 1. The van der Waals surface area contributed by atoms with Gasteiger partial charge in [-0.2, -0.15) is 5.10 Å². The minimum atomic E-state index is -0.435. The maximum Gasteiger partial charge on any atom is 0.272 e. The first kappa shape index (κ1) is 20.2. The summed E-state index contributed by atoms with van der Waals surface area (Å²) in [7, 11) is 0. The van der Waals surface area contributed by atoms with Gasteiger partial charge in [-0.25, -0.2) is 5.43 Å². The Morgan fingerprint density at radius 1 is 0.964 bits per heavy atom. The predicted octanol–water partition coefficient (Wildman–Crippen LogP) is 5.99. The number of hydrogen-bond donors (Lipinski definition) is 1. The minimum absolute atomic E-state index is 0.255. The lowest BCUT2D eigenvalue weighted by molar-refractivity contribution is 0.0955. The van der Waals surface area contributed by atoms with Crippen LogP contribution in [-0.4, -0.2) is 12.1 Å². The Morgan fingerprint density at radius 3 is 2.54 bits per heavy atom. The fraction of sp³-hybridized carbons (Fsp3) is 0.0476. The molecule has 4 nitrogen and oxygen atoms in total. The van der Waals surface area contributed by atoms with Gasteiger partial charge >= 0.3 is 0 Å². The molecule has 0 heterocycles. The van der Waals surface area contributed by atoms with Crippen molar-refractivity contribution in [3.63, 3.8) is 0 Å². The molecular formula is C21H15Cl3N2O2. The zero-order chi connectivity index (χ0) is 19.9. The molecule has 0 radical (unpaired) electrons. The van der Waals surface area contributed by atoms with Gasteiger partial charge in [0.25, 0.3) is 5.91 Å². The first-order chi connectivity index (χ1) is 13.5. The van der Waals surface area contributed by atoms with Crippen LogP contribution in [0.5, 0.6) is 5.75 Å². The predicted molar refractivity (Wildman–Crippen MR) is 114 cm³/mol. The summed E-state index contributed by atoms with van der Waals surface area (Å²) in [6, 6.07) is 19.4. The van der Waals surface area contributed by atoms with E-state index < -0.39 is 5.91 Å². The van der Waals surface area contributed by atoms with Crippen molar-refractivity contribution in [1.82, 2.24) is 5.43 Å². The number of ether oxygens (including phenoxy) is 1. The molecule has 1 amide bonds. The zero-order valence-corrected chi connectivity index (χ0v) is 16.8. The van der Waals surface area contributed by atoms with Gasteiger partial charge in [-0.15, -0.1) is 0 Å². The van der Waals surface area contributed by atoms with Crippen molar-refractivity contribution in [3.8, 4) is 5.75 Å². The van der Waals surface area contributed by atoms with E-state index in [1.807, 2.05) is 42.5 Å². The number of hydrazone groups is 1. The minimum Gasteiger partial charge on any atom is -0.488 e. The molecule has 0 saturated heterocycles. The highest BCUT2D eigenvalue weighted by atomic mass is 35.5. The van der Waals surface area contributed by atoms with Gasteiger partial charge in [0, 0.05) is 15.6 Å². The van der Waals surface area contributed by atoms with Crippen LogP contribution in [0, 0.1) is 0 Å². The molecule has 0 bridgehead atoms. The summed E-state index contributed by atoms with van der Waals surface area (Å²) in [5.74, 6) is 0.195. The molecule has 0 atom stereocenters. The molecule has 28 heavy (non-hydrogen) atoms. The molecule has 1 N–H and O–H groups in total. The Morgan fingerprint density at radius 2 is 1.75 bits per heavy atom. The molecule has 0 fully saturated rings. The van der Waals surface area contributed by atoms with Crippen LogP contribution in [0.1, 0.15) is 21.5 Å². The fourth-order valence-corrected chi connectivity index (χ4v) is 3.11. The maximum atomic E-state index is 12.2. The Hall–Kier alpha value is -2.53. The third-order valence-electron chi connectivity index (χ3n) is 3.75. The van der Waals surface area contributed by atoms with Gasteiger partial charge in [0.05, 0.1) is 16.8 Å². The lowest BCUT2D eigenvalue weighted by Crippen LogP contribution is -2.18. The zero-order valence-electron chi connectivity index (χ0n) is 14.5. The van der Waals surface area contributed by atoms with E-state index >= 15 is 0 Å². The molecule has 7 heteroatoms. The van der Waals surface area contributed by atoms with Gasteiger partial charge < -0.3 is 4.74 Å². The van der Waals surface area contributed by atoms with E-state index in [0.717, 1.165) is 5.56 Å². The third-order valence-corrected chi connectivity index (χ3v) is 4.53. The molecule has 0 aromatic heterocycles. The Balaban J connectivity index is 1.66. The van der Waals surface area contributed by atoms with E-state index in [1.54, 1.807) is 12.1 Å². The average Bonchev–Trinajstić information content (AvgIpc) is 2.67. The molecule has 3 aromatic rings. The van der Waals surface area contributed by atoms with Crippen molar-refractivity contribution < 1.29 is 9.53 Å². The lowest BCUT2D eigenvalue weighted by Gasteiger charge is -2.09. The molecule has 0 aliphatic carbocycles. The molecule has 0 aliphatic heterocycles. The third kappa shape index (κ3) is 5.49. The Bertz CT molecular complexity index is 1020. The highest BCUT2D eigenvalue weighted by Crippen LogP contribution is 2.21. The molecule has 0 aliphatic rings. The second-order valence-corrected chi connectivity index (χ2v) is 7.06. The molecular weight excluding hydrogens is 419 g/mol. The number of amides is 1. The van der Waals surface area contributed by atoms with E-state index in [0.29, 0.717) is 28.0 Å². The van der Waals surface area contributed by atoms with Gasteiger partial charge in [-0.05, 0) is 48.0 Å². The normalized spacial score (nSPS) is 10.8. The van der Waals surface area contributed by atoms with Crippen LogP contribution in [0.25, 0.3) is 0 Å². The van der Waals surface area contributed by atoms with Gasteiger partial charge in [0.15, 0.2) is 0 Å². The number of benzene rings is 3. The van der Waals surface area contributed by atoms with Gasteiger partial charge in [-0.1, -0.05) is 59.1 Å². The number of nitrogens with zero attached hydrogens (tertiary/aromatic N) is 1. The summed E-state index contributed by atoms with van der Waals surface area (Å²) in [6.07, 6.45) is 1.51. The van der Waals surface area contributed by atoms with E-state index in [9.17, 15) is 4.79 Å². The summed E-state index contributed by atoms with van der Waals surface area (Å²) < 4.78 is 5.85. The van der Waals surface area contributed by atoms with E-state index in [2.05, 4.69) is 10.5 Å². The number of carbonyl (C=O) groups excluding carboxylic acids is 1. The van der Waals surface area contributed by atoms with Crippen molar-refractivity contribution in [2.24, 2.45) is 5.10 Å². The van der Waals surface area contributed by atoms with E-state index in [4.69, 9.17) is 39.5 Å². The van der Waals surface area contributed by atoms with Crippen molar-refractivity contribution in [2.75, 3.05) is 0 Å². The number of halogens is 3. The quantitative estimate of drug-likeness (QED) is 0.383. The summed E-state index contributed by atoms with van der Waals surface area (Å²) in [6.45, 7) is 0.359. The highest BCUT2D eigenvalue weighted by molar-refractivity contribution is 6.36. The fourth-order valence-electron chi connectivity index (χ4n) is 2.40. The van der Waals surface area contributed by atoms with Crippen molar-refractivity contribution in [2.45, 2.75) is 6.61 Å². The van der Waals surface area contributed by atoms with Crippen LogP contribution in [0.4, 0.5) is 0 Å². The molecule has 0 spiro atoms. The number of rotatable bonds is 6. The molecule has 142 valence electrons. The van der Waals surface area contributed by atoms with Crippen molar-refractivity contribution >= 4 is 46.9 Å². The summed E-state index contributed by atoms with van der Waals surface area (Å²) in [5, 5.41) is 5.36. The second kappa shape index (κ2) is 9.60. The van der Waals surface area contributed by atoms with Crippen LogP contribution in [0.2, 0.25) is 15.1 Å². The number of carbonyl (C=O) groups is 1. The SMILES string of the molecule is O=C(N/N=C/c1ccccc1OCc1cccc(Cl)c1)c1ccc(Cl)cc1Cl. The van der Waals surface area contributed by atoms with Crippen LogP contribution >= 0.6 is 34.8 Å².